The van der Waals surface area contributed by atoms with Crippen molar-refractivity contribution in [3.05, 3.63) is 18.0 Å². The van der Waals surface area contributed by atoms with Crippen LogP contribution in [-0.4, -0.2) is 28.7 Å². The second-order valence-electron chi connectivity index (χ2n) is 4.69. The second-order valence-corrected chi connectivity index (χ2v) is 4.69. The van der Waals surface area contributed by atoms with E-state index in [1.54, 1.807) is 0 Å². The van der Waals surface area contributed by atoms with Gasteiger partial charge in [0.2, 0.25) is 0 Å². The van der Waals surface area contributed by atoms with E-state index in [9.17, 15) is 9.59 Å². The molecule has 0 aromatic carbocycles. The number of aliphatic carboxylic acids is 1. The highest BCUT2D eigenvalue weighted by atomic mass is 16.5. The molecular weight excluding hydrogens is 236 g/mol. The second kappa shape index (κ2) is 6.78. The molecule has 0 saturated carbocycles. The van der Waals surface area contributed by atoms with E-state index in [0.29, 0.717) is 12.5 Å². The molecule has 1 unspecified atom stereocenters. The summed E-state index contributed by atoms with van der Waals surface area (Å²) in [4.78, 5) is 22.3. The summed E-state index contributed by atoms with van der Waals surface area (Å²) < 4.78 is 4.57. The quantitative estimate of drug-likeness (QED) is 0.770. The monoisotopic (exact) mass is 254 g/mol. The number of carbonyl (C=O) groups excluding carboxylic acids is 1. The number of carbonyl (C=O) groups is 2. The molecule has 0 aliphatic heterocycles. The average molecular weight is 254 g/mol. The summed E-state index contributed by atoms with van der Waals surface area (Å²) in [5.41, 5.74) is 0.202. The molecule has 0 radical (unpaired) electrons. The van der Waals surface area contributed by atoms with Crippen molar-refractivity contribution in [1.82, 2.24) is 10.5 Å². The Morgan fingerprint density at radius 1 is 1.50 bits per heavy atom. The summed E-state index contributed by atoms with van der Waals surface area (Å²) in [5, 5.41) is 15.0. The van der Waals surface area contributed by atoms with E-state index in [1.807, 2.05) is 13.8 Å². The van der Waals surface area contributed by atoms with E-state index in [2.05, 4.69) is 15.0 Å². The van der Waals surface area contributed by atoms with Crippen molar-refractivity contribution in [3.8, 4) is 0 Å². The molecule has 0 bridgehead atoms. The minimum absolute atomic E-state index is 0.0529. The summed E-state index contributed by atoms with van der Waals surface area (Å²) in [7, 11) is 0. The molecular formula is C12H18N2O4. The van der Waals surface area contributed by atoms with Crippen molar-refractivity contribution in [2.75, 3.05) is 6.54 Å². The van der Waals surface area contributed by atoms with Crippen LogP contribution in [0.2, 0.25) is 0 Å². The van der Waals surface area contributed by atoms with Gasteiger partial charge in [-0.05, 0) is 18.3 Å². The number of nitrogens with one attached hydrogen (secondary N) is 1. The van der Waals surface area contributed by atoms with Crippen molar-refractivity contribution in [1.29, 1.82) is 0 Å². The highest BCUT2D eigenvalue weighted by Crippen LogP contribution is 2.14. The van der Waals surface area contributed by atoms with Crippen molar-refractivity contribution < 1.29 is 19.2 Å². The van der Waals surface area contributed by atoms with Crippen LogP contribution in [-0.2, 0) is 4.79 Å². The molecule has 6 nitrogen and oxygen atoms in total. The topological polar surface area (TPSA) is 92.4 Å². The fourth-order valence-corrected chi connectivity index (χ4v) is 1.81. The molecule has 1 amide bonds. The van der Waals surface area contributed by atoms with E-state index in [-0.39, 0.29) is 23.9 Å². The largest absolute Gasteiger partial charge is 0.481 e. The van der Waals surface area contributed by atoms with Gasteiger partial charge in [-0.3, -0.25) is 9.59 Å². The van der Waals surface area contributed by atoms with Crippen LogP contribution in [0.1, 0.15) is 37.2 Å². The van der Waals surface area contributed by atoms with E-state index in [1.165, 1.54) is 12.3 Å². The van der Waals surface area contributed by atoms with Gasteiger partial charge < -0.3 is 14.9 Å². The van der Waals surface area contributed by atoms with Gasteiger partial charge in [-0.2, -0.15) is 0 Å². The molecule has 18 heavy (non-hydrogen) atoms. The van der Waals surface area contributed by atoms with E-state index >= 15 is 0 Å². The standard InChI is InChI=1S/C12H18N2O4/c1-8(2)5-9(6-11(15)16)7-13-12(17)10-3-4-18-14-10/h3-4,8-9H,5-7H2,1-2H3,(H,13,17)(H,15,16). The lowest BCUT2D eigenvalue weighted by Gasteiger charge is -2.17. The number of carboxylic acid groups (broad SMARTS) is 1. The Hall–Kier alpha value is -1.85. The minimum Gasteiger partial charge on any atom is -0.481 e. The Balaban J connectivity index is 2.45. The summed E-state index contributed by atoms with van der Waals surface area (Å²) in [6.45, 7) is 4.37. The third kappa shape index (κ3) is 4.99. The van der Waals surface area contributed by atoms with E-state index in [0.717, 1.165) is 6.42 Å². The molecule has 0 aliphatic carbocycles. The van der Waals surface area contributed by atoms with E-state index in [4.69, 9.17) is 5.11 Å². The van der Waals surface area contributed by atoms with Gasteiger partial charge in [-0.25, -0.2) is 0 Å². The molecule has 1 aromatic rings. The molecule has 1 aromatic heterocycles. The first-order valence-electron chi connectivity index (χ1n) is 5.89. The Morgan fingerprint density at radius 2 is 2.22 bits per heavy atom. The Labute approximate surface area is 105 Å². The predicted octanol–water partition coefficient (Wildman–Crippen LogP) is 1.54. The lowest BCUT2D eigenvalue weighted by Crippen LogP contribution is -2.31. The number of amides is 1. The molecule has 0 aliphatic rings. The van der Waals surface area contributed by atoms with Crippen molar-refractivity contribution in [2.24, 2.45) is 11.8 Å². The number of rotatable bonds is 7. The van der Waals surface area contributed by atoms with Gasteiger partial charge >= 0.3 is 5.97 Å². The molecule has 1 atom stereocenters. The number of carboxylic acids is 1. The molecule has 1 rings (SSSR count). The number of hydrogen-bond donors (Lipinski definition) is 2. The Kier molecular flexibility index (Phi) is 5.35. The highest BCUT2D eigenvalue weighted by Gasteiger charge is 2.17. The SMILES string of the molecule is CC(C)CC(CNC(=O)c1ccon1)CC(=O)O. The van der Waals surface area contributed by atoms with Crippen LogP contribution >= 0.6 is 0 Å². The highest BCUT2D eigenvalue weighted by molar-refractivity contribution is 5.91. The number of nitrogens with zero attached hydrogens (tertiary/aromatic N) is 1. The lowest BCUT2D eigenvalue weighted by molar-refractivity contribution is -0.138. The van der Waals surface area contributed by atoms with Gasteiger partial charge in [-0.1, -0.05) is 19.0 Å². The fourth-order valence-electron chi connectivity index (χ4n) is 1.81. The smallest absolute Gasteiger partial charge is 0.303 e. The van der Waals surface area contributed by atoms with Gasteiger partial charge in [0.15, 0.2) is 5.69 Å². The average Bonchev–Trinajstić information content (AvgIpc) is 2.77. The summed E-state index contributed by atoms with van der Waals surface area (Å²) >= 11 is 0. The third-order valence-corrected chi connectivity index (χ3v) is 2.49. The third-order valence-electron chi connectivity index (χ3n) is 2.49. The Morgan fingerprint density at radius 3 is 2.72 bits per heavy atom. The predicted molar refractivity (Wildman–Crippen MR) is 64.0 cm³/mol. The van der Waals surface area contributed by atoms with Gasteiger partial charge in [-0.15, -0.1) is 0 Å². The van der Waals surface area contributed by atoms with Crippen LogP contribution in [0.25, 0.3) is 0 Å². The fraction of sp³-hybridized carbons (Fsp3) is 0.583. The maximum absolute atomic E-state index is 11.6. The Bertz CT molecular complexity index is 387. The van der Waals surface area contributed by atoms with Crippen LogP contribution < -0.4 is 5.32 Å². The molecule has 0 saturated heterocycles. The van der Waals surface area contributed by atoms with E-state index < -0.39 is 5.97 Å². The molecule has 0 fully saturated rings. The van der Waals surface area contributed by atoms with Crippen molar-refractivity contribution in [2.45, 2.75) is 26.7 Å². The first-order valence-corrected chi connectivity index (χ1v) is 5.89. The maximum atomic E-state index is 11.6. The zero-order valence-corrected chi connectivity index (χ0v) is 10.5. The van der Waals surface area contributed by atoms with Crippen LogP contribution in [0.4, 0.5) is 0 Å². The van der Waals surface area contributed by atoms with Crippen LogP contribution in [0.5, 0.6) is 0 Å². The van der Waals surface area contributed by atoms with Crippen molar-refractivity contribution in [3.63, 3.8) is 0 Å². The lowest BCUT2D eigenvalue weighted by atomic mass is 9.94. The maximum Gasteiger partial charge on any atom is 0.303 e. The first kappa shape index (κ1) is 14.2. The molecule has 1 heterocycles. The molecule has 0 spiro atoms. The van der Waals surface area contributed by atoms with Gasteiger partial charge in [0.1, 0.15) is 6.26 Å². The first-order chi connectivity index (χ1) is 8.49. The summed E-state index contributed by atoms with van der Waals surface area (Å²) in [5.74, 6) is -0.879. The van der Waals surface area contributed by atoms with Gasteiger partial charge in [0, 0.05) is 19.0 Å². The zero-order chi connectivity index (χ0) is 13.5. The summed E-state index contributed by atoms with van der Waals surface area (Å²) in [6.07, 6.45) is 2.13. The minimum atomic E-state index is -0.851. The van der Waals surface area contributed by atoms with Crippen molar-refractivity contribution >= 4 is 11.9 Å². The zero-order valence-electron chi connectivity index (χ0n) is 10.5. The molecule has 6 heteroatoms. The van der Waals surface area contributed by atoms with Gasteiger partial charge in [0.25, 0.3) is 5.91 Å². The normalized spacial score (nSPS) is 12.4. The summed E-state index contributed by atoms with van der Waals surface area (Å²) in [6, 6.07) is 1.46. The van der Waals surface area contributed by atoms with Crippen LogP contribution in [0.15, 0.2) is 16.9 Å². The molecule has 2 N–H and O–H groups in total. The number of aromatic nitrogens is 1. The number of hydrogen-bond acceptors (Lipinski definition) is 4. The van der Waals surface area contributed by atoms with Crippen LogP contribution in [0.3, 0.4) is 0 Å². The van der Waals surface area contributed by atoms with Gasteiger partial charge in [0.05, 0.1) is 0 Å². The molecule has 100 valence electrons. The van der Waals surface area contributed by atoms with Crippen LogP contribution in [0, 0.1) is 11.8 Å².